The summed E-state index contributed by atoms with van der Waals surface area (Å²) in [5.41, 5.74) is 1.09. The van der Waals surface area contributed by atoms with Gasteiger partial charge in [-0.1, -0.05) is 5.16 Å². The van der Waals surface area contributed by atoms with Gasteiger partial charge >= 0.3 is 0 Å². The molecule has 2 amide bonds. The zero-order valence-corrected chi connectivity index (χ0v) is 19.0. The van der Waals surface area contributed by atoms with Gasteiger partial charge in [0.05, 0.1) is 19.8 Å². The third kappa shape index (κ3) is 5.16. The Kier molecular flexibility index (Phi) is 7.05. The second-order valence-corrected chi connectivity index (χ2v) is 7.76. The fourth-order valence-electron chi connectivity index (χ4n) is 3.75. The molecule has 0 N–H and O–H groups in total. The highest BCUT2D eigenvalue weighted by Crippen LogP contribution is 2.26. The standard InChI is InChI=1S/C24H25FN4O5/c1-32-18-7-8-19(20(15-18)33-2)24(31)29-13-11-28(12-14-29)22(30)10-9-21-26-23(27-34-21)16-3-5-17(25)6-4-16/h3-8,15H,9-14H2,1-2H3. The second kappa shape index (κ2) is 10.3. The van der Waals surface area contributed by atoms with Crippen LogP contribution >= 0.6 is 0 Å². The van der Waals surface area contributed by atoms with Crippen LogP contribution in [0.25, 0.3) is 11.4 Å². The molecule has 178 valence electrons. The van der Waals surface area contributed by atoms with Crippen LogP contribution in [-0.2, 0) is 11.2 Å². The van der Waals surface area contributed by atoms with E-state index >= 15 is 0 Å². The number of halogens is 1. The number of ether oxygens (including phenoxy) is 2. The topological polar surface area (TPSA) is 98.0 Å². The Morgan fingerprint density at radius 1 is 1.00 bits per heavy atom. The number of amides is 2. The number of nitrogens with zero attached hydrogens (tertiary/aromatic N) is 4. The Morgan fingerprint density at radius 3 is 2.38 bits per heavy atom. The summed E-state index contributed by atoms with van der Waals surface area (Å²) in [5.74, 6) is 1.21. The molecule has 1 fully saturated rings. The van der Waals surface area contributed by atoms with Crippen molar-refractivity contribution in [3.8, 4) is 22.9 Å². The summed E-state index contributed by atoms with van der Waals surface area (Å²) in [6.07, 6.45) is 0.514. The number of piperazine rings is 1. The third-order valence-corrected chi connectivity index (χ3v) is 5.68. The van der Waals surface area contributed by atoms with Gasteiger partial charge in [-0.3, -0.25) is 9.59 Å². The van der Waals surface area contributed by atoms with Crippen molar-refractivity contribution in [2.45, 2.75) is 12.8 Å². The van der Waals surface area contributed by atoms with Crippen molar-refractivity contribution in [3.05, 3.63) is 59.7 Å². The van der Waals surface area contributed by atoms with Crippen molar-refractivity contribution in [2.75, 3.05) is 40.4 Å². The number of benzene rings is 2. The first-order valence-corrected chi connectivity index (χ1v) is 10.9. The summed E-state index contributed by atoms with van der Waals surface area (Å²) in [4.78, 5) is 33.3. The third-order valence-electron chi connectivity index (χ3n) is 5.68. The maximum Gasteiger partial charge on any atom is 0.257 e. The summed E-state index contributed by atoms with van der Waals surface area (Å²) in [5, 5.41) is 3.89. The maximum absolute atomic E-state index is 13.1. The molecule has 0 bridgehead atoms. The molecule has 0 aliphatic carbocycles. The second-order valence-electron chi connectivity index (χ2n) is 7.76. The molecule has 1 aliphatic rings. The minimum absolute atomic E-state index is 0.0457. The van der Waals surface area contributed by atoms with E-state index in [4.69, 9.17) is 14.0 Å². The highest BCUT2D eigenvalue weighted by molar-refractivity contribution is 5.97. The van der Waals surface area contributed by atoms with Crippen molar-refractivity contribution < 1.29 is 28.0 Å². The lowest BCUT2D eigenvalue weighted by molar-refractivity contribution is -0.132. The normalized spacial score (nSPS) is 13.6. The lowest BCUT2D eigenvalue weighted by atomic mass is 10.1. The lowest BCUT2D eigenvalue weighted by Crippen LogP contribution is -2.50. The molecule has 3 aromatic rings. The summed E-state index contributed by atoms with van der Waals surface area (Å²) in [6, 6.07) is 10.9. The predicted octanol–water partition coefficient (Wildman–Crippen LogP) is 2.81. The van der Waals surface area contributed by atoms with Gasteiger partial charge in [-0.05, 0) is 36.4 Å². The van der Waals surface area contributed by atoms with E-state index < -0.39 is 0 Å². The van der Waals surface area contributed by atoms with E-state index in [0.29, 0.717) is 66.9 Å². The number of aryl methyl sites for hydroxylation is 1. The van der Waals surface area contributed by atoms with Crippen LogP contribution in [0.1, 0.15) is 22.7 Å². The number of hydrogen-bond donors (Lipinski definition) is 0. The summed E-state index contributed by atoms with van der Waals surface area (Å²) < 4.78 is 28.8. The first kappa shape index (κ1) is 23.2. The monoisotopic (exact) mass is 468 g/mol. The van der Waals surface area contributed by atoms with Crippen molar-refractivity contribution in [1.82, 2.24) is 19.9 Å². The van der Waals surface area contributed by atoms with Crippen LogP contribution in [-0.4, -0.2) is 72.2 Å². The van der Waals surface area contributed by atoms with E-state index in [1.165, 1.54) is 19.2 Å². The van der Waals surface area contributed by atoms with E-state index in [0.717, 1.165) is 0 Å². The molecule has 9 nitrogen and oxygen atoms in total. The predicted molar refractivity (Wildman–Crippen MR) is 120 cm³/mol. The maximum atomic E-state index is 13.1. The number of aromatic nitrogens is 2. The zero-order valence-electron chi connectivity index (χ0n) is 19.0. The number of rotatable bonds is 7. The van der Waals surface area contributed by atoms with Crippen LogP contribution in [0.15, 0.2) is 47.0 Å². The molecular formula is C24H25FN4O5. The van der Waals surface area contributed by atoms with Crippen molar-refractivity contribution in [2.24, 2.45) is 0 Å². The zero-order chi connectivity index (χ0) is 24.1. The molecule has 1 aromatic heterocycles. The molecule has 34 heavy (non-hydrogen) atoms. The van der Waals surface area contributed by atoms with Crippen molar-refractivity contribution in [3.63, 3.8) is 0 Å². The van der Waals surface area contributed by atoms with Gasteiger partial charge in [0.2, 0.25) is 17.6 Å². The van der Waals surface area contributed by atoms with Crippen LogP contribution in [0, 0.1) is 5.82 Å². The van der Waals surface area contributed by atoms with E-state index in [1.54, 1.807) is 47.2 Å². The van der Waals surface area contributed by atoms with Gasteiger partial charge in [-0.2, -0.15) is 4.98 Å². The Morgan fingerprint density at radius 2 is 1.71 bits per heavy atom. The van der Waals surface area contributed by atoms with Gasteiger partial charge in [-0.15, -0.1) is 0 Å². The molecule has 0 atom stereocenters. The minimum Gasteiger partial charge on any atom is -0.497 e. The fraction of sp³-hybridized carbons (Fsp3) is 0.333. The molecule has 2 heterocycles. The highest BCUT2D eigenvalue weighted by Gasteiger charge is 2.27. The first-order valence-electron chi connectivity index (χ1n) is 10.9. The van der Waals surface area contributed by atoms with Crippen LogP contribution < -0.4 is 9.47 Å². The van der Waals surface area contributed by atoms with Crippen LogP contribution in [0.2, 0.25) is 0 Å². The molecule has 1 aliphatic heterocycles. The number of methoxy groups -OCH3 is 2. The van der Waals surface area contributed by atoms with E-state index in [9.17, 15) is 14.0 Å². The quantitative estimate of drug-likeness (QED) is 0.526. The van der Waals surface area contributed by atoms with Crippen LogP contribution in [0.5, 0.6) is 11.5 Å². The van der Waals surface area contributed by atoms with E-state index in [-0.39, 0.29) is 24.1 Å². The van der Waals surface area contributed by atoms with Gasteiger partial charge < -0.3 is 23.8 Å². The first-order chi connectivity index (χ1) is 16.5. The van der Waals surface area contributed by atoms with Crippen LogP contribution in [0.4, 0.5) is 4.39 Å². The van der Waals surface area contributed by atoms with Gasteiger partial charge in [0.1, 0.15) is 17.3 Å². The Labute approximate surface area is 196 Å². The average Bonchev–Trinajstić information content (AvgIpc) is 3.36. The Balaban J connectivity index is 1.29. The van der Waals surface area contributed by atoms with E-state index in [1.807, 2.05) is 0 Å². The smallest absolute Gasteiger partial charge is 0.257 e. The summed E-state index contributed by atoms with van der Waals surface area (Å²) >= 11 is 0. The van der Waals surface area contributed by atoms with Crippen LogP contribution in [0.3, 0.4) is 0 Å². The molecule has 0 unspecified atom stereocenters. The molecule has 0 radical (unpaired) electrons. The van der Waals surface area contributed by atoms with Gasteiger partial charge in [-0.25, -0.2) is 4.39 Å². The Hall–Kier alpha value is -3.95. The van der Waals surface area contributed by atoms with Gasteiger partial charge in [0, 0.05) is 50.7 Å². The SMILES string of the molecule is COc1ccc(C(=O)N2CCN(C(=O)CCc3nc(-c4ccc(F)cc4)no3)CC2)c(OC)c1. The van der Waals surface area contributed by atoms with Gasteiger partial charge in [0.25, 0.3) is 5.91 Å². The van der Waals surface area contributed by atoms with E-state index in [2.05, 4.69) is 10.1 Å². The molecule has 1 saturated heterocycles. The lowest BCUT2D eigenvalue weighted by Gasteiger charge is -2.35. The van der Waals surface area contributed by atoms with Crippen molar-refractivity contribution in [1.29, 1.82) is 0 Å². The number of hydrogen-bond acceptors (Lipinski definition) is 7. The molecule has 0 spiro atoms. The fourth-order valence-corrected chi connectivity index (χ4v) is 3.75. The summed E-state index contributed by atoms with van der Waals surface area (Å²) in [7, 11) is 3.06. The largest absolute Gasteiger partial charge is 0.497 e. The summed E-state index contributed by atoms with van der Waals surface area (Å²) in [6.45, 7) is 1.73. The highest BCUT2D eigenvalue weighted by atomic mass is 19.1. The van der Waals surface area contributed by atoms with Crippen molar-refractivity contribution >= 4 is 11.8 Å². The average molecular weight is 468 g/mol. The molecule has 0 saturated carbocycles. The molecule has 2 aromatic carbocycles. The molecule has 10 heteroatoms. The van der Waals surface area contributed by atoms with Gasteiger partial charge in [0.15, 0.2) is 0 Å². The Bertz CT molecular complexity index is 1160. The molecule has 4 rings (SSSR count). The number of carbonyl (C=O) groups is 2. The minimum atomic E-state index is -0.344. The number of carbonyl (C=O) groups excluding carboxylic acids is 2. The molecular weight excluding hydrogens is 443 g/mol.